The molecule has 5 heteroatoms. The summed E-state index contributed by atoms with van der Waals surface area (Å²) in [5.41, 5.74) is 5.75. The van der Waals surface area contributed by atoms with Crippen LogP contribution in [0.3, 0.4) is 0 Å². The van der Waals surface area contributed by atoms with Crippen LogP contribution in [0.4, 0.5) is 5.69 Å². The summed E-state index contributed by atoms with van der Waals surface area (Å²) in [7, 11) is 0. The minimum atomic E-state index is -0.207. The van der Waals surface area contributed by atoms with Crippen LogP contribution in [0.15, 0.2) is 42.6 Å². The second-order valence-electron chi connectivity index (χ2n) is 4.68. The minimum absolute atomic E-state index is 0.0720. The van der Waals surface area contributed by atoms with Crippen molar-refractivity contribution in [3.63, 3.8) is 0 Å². The molecule has 1 heterocycles. The van der Waals surface area contributed by atoms with Gasteiger partial charge in [0.05, 0.1) is 17.9 Å². The first-order valence-corrected chi connectivity index (χ1v) is 6.40. The van der Waals surface area contributed by atoms with E-state index in [-0.39, 0.29) is 11.9 Å². The second-order valence-corrected chi connectivity index (χ2v) is 4.68. The quantitative estimate of drug-likeness (QED) is 0.587. The summed E-state index contributed by atoms with van der Waals surface area (Å²) in [6.07, 6.45) is 1.52. The molecule has 0 aliphatic heterocycles. The molecule has 0 bridgehead atoms. The van der Waals surface area contributed by atoms with Crippen LogP contribution in [0, 0.1) is 6.92 Å². The van der Waals surface area contributed by atoms with Gasteiger partial charge in [0.1, 0.15) is 5.69 Å². The molecule has 0 aliphatic carbocycles. The molecule has 5 nitrogen and oxygen atoms in total. The summed E-state index contributed by atoms with van der Waals surface area (Å²) in [6.45, 7) is 3.97. The third-order valence-electron chi connectivity index (χ3n) is 3.09. The Labute approximate surface area is 118 Å². The van der Waals surface area contributed by atoms with Gasteiger partial charge in [-0.15, -0.1) is 0 Å². The Morgan fingerprint density at radius 3 is 2.45 bits per heavy atom. The molecule has 1 atom stereocenters. The number of aryl methyl sites for hydroxylation is 1. The molecule has 1 aromatic carbocycles. The lowest BCUT2D eigenvalue weighted by molar-refractivity contribution is 0.0935. The number of pyridine rings is 1. The molecule has 1 amide bonds. The van der Waals surface area contributed by atoms with Gasteiger partial charge in [0.2, 0.25) is 0 Å². The van der Waals surface area contributed by atoms with Gasteiger partial charge >= 0.3 is 0 Å². The van der Waals surface area contributed by atoms with E-state index in [0.29, 0.717) is 11.4 Å². The molecule has 1 unspecified atom stereocenters. The monoisotopic (exact) mass is 270 g/mol. The summed E-state index contributed by atoms with van der Waals surface area (Å²) in [6, 6.07) is 11.3. The molecule has 2 aromatic rings. The van der Waals surface area contributed by atoms with Crippen LogP contribution in [0.1, 0.15) is 34.6 Å². The van der Waals surface area contributed by atoms with Gasteiger partial charge in [-0.3, -0.25) is 10.6 Å². The van der Waals surface area contributed by atoms with Crippen molar-refractivity contribution < 1.29 is 4.79 Å². The van der Waals surface area contributed by atoms with Crippen molar-refractivity contribution in [2.45, 2.75) is 19.9 Å². The van der Waals surface area contributed by atoms with Gasteiger partial charge in [0.25, 0.3) is 5.91 Å². The van der Waals surface area contributed by atoms with Gasteiger partial charge in [-0.25, -0.2) is 4.98 Å². The largest absolute Gasteiger partial charge is 0.344 e. The molecule has 2 rings (SSSR count). The van der Waals surface area contributed by atoms with Crippen LogP contribution in [-0.2, 0) is 0 Å². The van der Waals surface area contributed by atoms with Crippen molar-refractivity contribution in [2.24, 2.45) is 5.84 Å². The van der Waals surface area contributed by atoms with Crippen molar-refractivity contribution in [2.75, 3.05) is 5.43 Å². The number of carbonyl (C=O) groups excluding carboxylic acids is 1. The van der Waals surface area contributed by atoms with Gasteiger partial charge in [0, 0.05) is 0 Å². The fourth-order valence-corrected chi connectivity index (χ4v) is 1.82. The molecule has 0 fully saturated rings. The number of benzene rings is 1. The second kappa shape index (κ2) is 6.16. The standard InChI is InChI=1S/C15H18N4O/c1-10-3-5-12(6-4-10)11(2)18-15(20)14-8-7-13(19-16)9-17-14/h3-9,11,19H,16H2,1-2H3,(H,18,20). The van der Waals surface area contributed by atoms with Crippen molar-refractivity contribution >= 4 is 11.6 Å². The maximum absolute atomic E-state index is 12.1. The number of nitrogens with two attached hydrogens (primary N) is 1. The Kier molecular flexibility index (Phi) is 4.32. The van der Waals surface area contributed by atoms with E-state index in [1.165, 1.54) is 11.8 Å². The van der Waals surface area contributed by atoms with Gasteiger partial charge in [0.15, 0.2) is 0 Å². The number of nitrogens with one attached hydrogen (secondary N) is 2. The van der Waals surface area contributed by atoms with Gasteiger partial charge in [-0.05, 0) is 31.5 Å². The van der Waals surface area contributed by atoms with Crippen LogP contribution < -0.4 is 16.6 Å². The third kappa shape index (κ3) is 3.33. The van der Waals surface area contributed by atoms with E-state index >= 15 is 0 Å². The molecule has 0 saturated carbocycles. The van der Waals surface area contributed by atoms with Crippen molar-refractivity contribution in [3.8, 4) is 0 Å². The average molecular weight is 270 g/mol. The Morgan fingerprint density at radius 1 is 1.20 bits per heavy atom. The zero-order valence-corrected chi connectivity index (χ0v) is 11.6. The lowest BCUT2D eigenvalue weighted by Gasteiger charge is -2.14. The van der Waals surface area contributed by atoms with Gasteiger partial charge in [-0.1, -0.05) is 29.8 Å². The number of aromatic nitrogens is 1. The zero-order chi connectivity index (χ0) is 14.5. The first-order valence-electron chi connectivity index (χ1n) is 6.40. The maximum Gasteiger partial charge on any atom is 0.270 e. The molecule has 0 aliphatic rings. The summed E-state index contributed by atoms with van der Waals surface area (Å²) in [4.78, 5) is 16.1. The van der Waals surface area contributed by atoms with Crippen LogP contribution in [0.5, 0.6) is 0 Å². The molecule has 20 heavy (non-hydrogen) atoms. The molecule has 0 saturated heterocycles. The van der Waals surface area contributed by atoms with E-state index in [0.717, 1.165) is 5.56 Å². The summed E-state index contributed by atoms with van der Waals surface area (Å²) >= 11 is 0. The number of rotatable bonds is 4. The van der Waals surface area contributed by atoms with E-state index in [2.05, 4.69) is 15.7 Å². The van der Waals surface area contributed by atoms with E-state index in [1.807, 2.05) is 38.1 Å². The first kappa shape index (κ1) is 14.0. The Bertz CT molecular complexity index is 578. The van der Waals surface area contributed by atoms with Crippen molar-refractivity contribution in [1.82, 2.24) is 10.3 Å². The fourth-order valence-electron chi connectivity index (χ4n) is 1.82. The normalized spacial score (nSPS) is 11.8. The molecule has 1 aromatic heterocycles. The van der Waals surface area contributed by atoms with Crippen molar-refractivity contribution in [1.29, 1.82) is 0 Å². The fraction of sp³-hybridized carbons (Fsp3) is 0.200. The SMILES string of the molecule is Cc1ccc(C(C)NC(=O)c2ccc(NN)cn2)cc1. The van der Waals surface area contributed by atoms with E-state index in [9.17, 15) is 4.79 Å². The van der Waals surface area contributed by atoms with Crippen LogP contribution in [-0.4, -0.2) is 10.9 Å². The highest BCUT2D eigenvalue weighted by molar-refractivity contribution is 5.92. The minimum Gasteiger partial charge on any atom is -0.344 e. The number of anilines is 1. The van der Waals surface area contributed by atoms with E-state index < -0.39 is 0 Å². The lowest BCUT2D eigenvalue weighted by Crippen LogP contribution is -2.27. The van der Waals surface area contributed by atoms with E-state index in [1.54, 1.807) is 12.1 Å². The van der Waals surface area contributed by atoms with Crippen molar-refractivity contribution in [3.05, 3.63) is 59.4 Å². The first-order chi connectivity index (χ1) is 9.60. The molecule has 104 valence electrons. The third-order valence-corrected chi connectivity index (χ3v) is 3.09. The number of nitrogen functional groups attached to an aromatic ring is 1. The van der Waals surface area contributed by atoms with Gasteiger partial charge < -0.3 is 10.7 Å². The van der Waals surface area contributed by atoms with Crippen LogP contribution in [0.25, 0.3) is 0 Å². The Hall–Kier alpha value is -2.40. The van der Waals surface area contributed by atoms with Gasteiger partial charge in [-0.2, -0.15) is 0 Å². The van der Waals surface area contributed by atoms with Crippen LogP contribution >= 0.6 is 0 Å². The number of hydrogen-bond acceptors (Lipinski definition) is 4. The lowest BCUT2D eigenvalue weighted by atomic mass is 10.1. The highest BCUT2D eigenvalue weighted by Crippen LogP contribution is 2.14. The van der Waals surface area contributed by atoms with E-state index in [4.69, 9.17) is 5.84 Å². The highest BCUT2D eigenvalue weighted by atomic mass is 16.1. The molecular formula is C15H18N4O. The van der Waals surface area contributed by atoms with Crippen LogP contribution in [0.2, 0.25) is 0 Å². The summed E-state index contributed by atoms with van der Waals surface area (Å²) < 4.78 is 0. The average Bonchev–Trinajstić information content (AvgIpc) is 2.48. The molecule has 4 N–H and O–H groups in total. The predicted molar refractivity (Wildman–Crippen MR) is 79.1 cm³/mol. The number of hydrogen-bond donors (Lipinski definition) is 3. The number of hydrazine groups is 1. The molecular weight excluding hydrogens is 252 g/mol. The Balaban J connectivity index is 2.04. The highest BCUT2D eigenvalue weighted by Gasteiger charge is 2.12. The molecule has 0 spiro atoms. The number of nitrogens with zero attached hydrogens (tertiary/aromatic N) is 1. The zero-order valence-electron chi connectivity index (χ0n) is 11.6. The molecule has 0 radical (unpaired) electrons. The summed E-state index contributed by atoms with van der Waals surface area (Å²) in [5.74, 6) is 5.05. The summed E-state index contributed by atoms with van der Waals surface area (Å²) in [5, 5.41) is 2.92. The maximum atomic E-state index is 12.1. The number of amides is 1. The topological polar surface area (TPSA) is 80.0 Å². The smallest absolute Gasteiger partial charge is 0.270 e. The Morgan fingerprint density at radius 2 is 1.90 bits per heavy atom. The number of carbonyl (C=O) groups is 1. The predicted octanol–water partition coefficient (Wildman–Crippen LogP) is 2.17.